The second-order valence-corrected chi connectivity index (χ2v) is 8.82. The first kappa shape index (κ1) is 17.5. The van der Waals surface area contributed by atoms with E-state index < -0.39 is 10.2 Å². The van der Waals surface area contributed by atoms with E-state index in [4.69, 9.17) is 0 Å². The van der Waals surface area contributed by atoms with Gasteiger partial charge in [0.15, 0.2) is 0 Å². The van der Waals surface area contributed by atoms with Crippen molar-refractivity contribution in [2.45, 2.75) is 51.1 Å². The van der Waals surface area contributed by atoms with Gasteiger partial charge in [-0.25, -0.2) is 0 Å². The Morgan fingerprint density at radius 2 is 1.90 bits per heavy atom. The Hall–Kier alpha value is 0.180. The fourth-order valence-electron chi connectivity index (χ4n) is 2.70. The van der Waals surface area contributed by atoms with E-state index in [2.05, 4.69) is 10.0 Å². The van der Waals surface area contributed by atoms with E-state index >= 15 is 0 Å². The predicted octanol–water partition coefficient (Wildman–Crippen LogP) is 1.43. The SMILES string of the molecule is CCC(CSC)NS(=O)(=O)N1CCC(CNC2CC2)CC1. The Kier molecular flexibility index (Phi) is 6.80. The summed E-state index contributed by atoms with van der Waals surface area (Å²) in [5, 5.41) is 3.55. The molecule has 2 rings (SSSR count). The molecule has 1 atom stereocenters. The Bertz CT molecular complexity index is 404. The van der Waals surface area contributed by atoms with Gasteiger partial charge in [-0.2, -0.15) is 29.2 Å². The monoisotopic (exact) mass is 335 g/mol. The minimum Gasteiger partial charge on any atom is -0.314 e. The molecule has 0 aromatic rings. The summed E-state index contributed by atoms with van der Waals surface area (Å²) in [6.07, 6.45) is 7.41. The molecule has 0 amide bonds. The van der Waals surface area contributed by atoms with Crippen LogP contribution in [0.1, 0.15) is 39.0 Å². The lowest BCUT2D eigenvalue weighted by atomic mass is 9.98. The highest BCUT2D eigenvalue weighted by atomic mass is 32.2. The molecule has 2 aliphatic rings. The van der Waals surface area contributed by atoms with Crippen LogP contribution in [0.2, 0.25) is 0 Å². The fourth-order valence-corrected chi connectivity index (χ4v) is 5.03. The second-order valence-electron chi connectivity index (χ2n) is 6.21. The third kappa shape index (κ3) is 5.71. The smallest absolute Gasteiger partial charge is 0.279 e. The molecular weight excluding hydrogens is 306 g/mol. The molecular formula is C14H29N3O2S2. The van der Waals surface area contributed by atoms with Crippen LogP contribution < -0.4 is 10.0 Å². The number of thioether (sulfide) groups is 1. The number of hydrogen-bond acceptors (Lipinski definition) is 4. The standard InChI is InChI=1S/C14H29N3O2S2/c1-3-13(11-20-2)16-21(18,19)17-8-6-12(7-9-17)10-15-14-4-5-14/h12-16H,3-11H2,1-2H3. The zero-order chi connectivity index (χ0) is 15.3. The van der Waals surface area contributed by atoms with Crippen molar-refractivity contribution in [3.05, 3.63) is 0 Å². The highest BCUT2D eigenvalue weighted by Crippen LogP contribution is 2.22. The predicted molar refractivity (Wildman–Crippen MR) is 89.8 cm³/mol. The molecule has 0 spiro atoms. The van der Waals surface area contributed by atoms with Gasteiger partial charge in [0, 0.05) is 30.9 Å². The first-order valence-electron chi connectivity index (χ1n) is 8.05. The maximum atomic E-state index is 12.4. The summed E-state index contributed by atoms with van der Waals surface area (Å²) in [4.78, 5) is 0. The lowest BCUT2D eigenvalue weighted by molar-refractivity contribution is 0.263. The van der Waals surface area contributed by atoms with E-state index in [1.807, 2.05) is 13.2 Å². The molecule has 5 nitrogen and oxygen atoms in total. The van der Waals surface area contributed by atoms with Gasteiger partial charge < -0.3 is 5.32 Å². The molecule has 0 bridgehead atoms. The van der Waals surface area contributed by atoms with Gasteiger partial charge in [0.25, 0.3) is 10.2 Å². The molecule has 1 saturated heterocycles. The molecule has 0 aromatic heterocycles. The van der Waals surface area contributed by atoms with E-state index in [9.17, 15) is 8.42 Å². The van der Waals surface area contributed by atoms with E-state index in [0.717, 1.165) is 37.6 Å². The van der Waals surface area contributed by atoms with Crippen molar-refractivity contribution in [2.24, 2.45) is 5.92 Å². The van der Waals surface area contributed by atoms with Crippen LogP contribution in [-0.4, -0.2) is 56.4 Å². The minimum absolute atomic E-state index is 0.0410. The summed E-state index contributed by atoms with van der Waals surface area (Å²) in [6, 6.07) is 0.782. The summed E-state index contributed by atoms with van der Waals surface area (Å²) in [6.45, 7) is 4.39. The summed E-state index contributed by atoms with van der Waals surface area (Å²) in [7, 11) is -3.31. The molecule has 2 N–H and O–H groups in total. The van der Waals surface area contributed by atoms with E-state index in [-0.39, 0.29) is 6.04 Å². The molecule has 21 heavy (non-hydrogen) atoms. The molecule has 0 aromatic carbocycles. The van der Waals surface area contributed by atoms with Crippen molar-refractivity contribution in [2.75, 3.05) is 31.6 Å². The van der Waals surface area contributed by atoms with Crippen molar-refractivity contribution in [1.29, 1.82) is 0 Å². The molecule has 1 saturated carbocycles. The van der Waals surface area contributed by atoms with Crippen LogP contribution in [-0.2, 0) is 10.2 Å². The Balaban J connectivity index is 1.76. The average Bonchev–Trinajstić information content (AvgIpc) is 3.29. The summed E-state index contributed by atoms with van der Waals surface area (Å²) in [5.41, 5.74) is 0. The van der Waals surface area contributed by atoms with Crippen molar-refractivity contribution >= 4 is 22.0 Å². The molecule has 1 unspecified atom stereocenters. The summed E-state index contributed by atoms with van der Waals surface area (Å²) in [5.74, 6) is 1.46. The molecule has 0 radical (unpaired) electrons. The fraction of sp³-hybridized carbons (Fsp3) is 1.00. The van der Waals surface area contributed by atoms with Gasteiger partial charge in [-0.15, -0.1) is 0 Å². The van der Waals surface area contributed by atoms with Crippen LogP contribution in [0, 0.1) is 5.92 Å². The highest BCUT2D eigenvalue weighted by molar-refractivity contribution is 7.98. The maximum Gasteiger partial charge on any atom is 0.279 e. The number of rotatable bonds is 9. The first-order valence-corrected chi connectivity index (χ1v) is 10.9. The lowest BCUT2D eigenvalue weighted by Crippen LogP contribution is -2.49. The van der Waals surface area contributed by atoms with Gasteiger partial charge >= 0.3 is 0 Å². The Morgan fingerprint density at radius 1 is 1.24 bits per heavy atom. The van der Waals surface area contributed by atoms with Crippen LogP contribution in [0.3, 0.4) is 0 Å². The zero-order valence-electron chi connectivity index (χ0n) is 13.2. The van der Waals surface area contributed by atoms with Crippen LogP contribution in [0.4, 0.5) is 0 Å². The maximum absolute atomic E-state index is 12.4. The third-order valence-corrected chi connectivity index (χ3v) is 6.77. The van der Waals surface area contributed by atoms with E-state index in [1.165, 1.54) is 12.8 Å². The quantitative estimate of drug-likeness (QED) is 0.669. The highest BCUT2D eigenvalue weighted by Gasteiger charge is 2.30. The van der Waals surface area contributed by atoms with Crippen molar-refractivity contribution in [3.8, 4) is 0 Å². The molecule has 1 heterocycles. The van der Waals surface area contributed by atoms with Crippen LogP contribution >= 0.6 is 11.8 Å². The number of piperidine rings is 1. The van der Waals surface area contributed by atoms with E-state index in [0.29, 0.717) is 19.0 Å². The summed E-state index contributed by atoms with van der Waals surface area (Å²) >= 11 is 1.68. The van der Waals surface area contributed by atoms with Crippen LogP contribution in [0.15, 0.2) is 0 Å². The largest absolute Gasteiger partial charge is 0.314 e. The molecule has 2 fully saturated rings. The Labute approximate surface area is 133 Å². The molecule has 1 aliphatic carbocycles. The van der Waals surface area contributed by atoms with Crippen molar-refractivity contribution < 1.29 is 8.42 Å². The zero-order valence-corrected chi connectivity index (χ0v) is 14.8. The van der Waals surface area contributed by atoms with Gasteiger partial charge in [-0.3, -0.25) is 0 Å². The topological polar surface area (TPSA) is 61.4 Å². The van der Waals surface area contributed by atoms with Crippen molar-refractivity contribution in [3.63, 3.8) is 0 Å². The van der Waals surface area contributed by atoms with Gasteiger partial charge in [-0.05, 0) is 50.8 Å². The molecule has 7 heteroatoms. The van der Waals surface area contributed by atoms with Gasteiger partial charge in [0.05, 0.1) is 0 Å². The van der Waals surface area contributed by atoms with Crippen LogP contribution in [0.5, 0.6) is 0 Å². The van der Waals surface area contributed by atoms with Gasteiger partial charge in [-0.1, -0.05) is 6.92 Å². The number of hydrogen-bond donors (Lipinski definition) is 2. The van der Waals surface area contributed by atoms with Crippen LogP contribution in [0.25, 0.3) is 0 Å². The molecule has 1 aliphatic heterocycles. The second kappa shape index (κ2) is 8.15. The first-order chi connectivity index (χ1) is 10.0. The normalized spacial score (nSPS) is 23.3. The van der Waals surface area contributed by atoms with Crippen molar-refractivity contribution in [1.82, 2.24) is 14.3 Å². The lowest BCUT2D eigenvalue weighted by Gasteiger charge is -2.32. The number of nitrogens with zero attached hydrogens (tertiary/aromatic N) is 1. The van der Waals surface area contributed by atoms with Gasteiger partial charge in [0.1, 0.15) is 0 Å². The number of nitrogens with one attached hydrogen (secondary N) is 2. The average molecular weight is 336 g/mol. The van der Waals surface area contributed by atoms with E-state index in [1.54, 1.807) is 16.1 Å². The third-order valence-electron chi connectivity index (χ3n) is 4.36. The minimum atomic E-state index is -3.31. The Morgan fingerprint density at radius 3 is 2.43 bits per heavy atom. The molecule has 124 valence electrons. The summed E-state index contributed by atoms with van der Waals surface area (Å²) < 4.78 is 29.3. The van der Waals surface area contributed by atoms with Gasteiger partial charge in [0.2, 0.25) is 0 Å².